The van der Waals surface area contributed by atoms with Crippen LogP contribution in [0.5, 0.6) is 0 Å². The number of ether oxygens (including phenoxy) is 1. The summed E-state index contributed by atoms with van der Waals surface area (Å²) in [7, 11) is 3.27. The van der Waals surface area contributed by atoms with E-state index in [9.17, 15) is 4.79 Å². The minimum Gasteiger partial charge on any atom is -0.465 e. The maximum Gasteiger partial charge on any atom is 0.344 e. The van der Waals surface area contributed by atoms with Gasteiger partial charge in [-0.2, -0.15) is 0 Å². The Morgan fingerprint density at radius 3 is 2.83 bits per heavy atom. The van der Waals surface area contributed by atoms with Crippen LogP contribution in [-0.2, 0) is 11.8 Å². The van der Waals surface area contributed by atoms with Gasteiger partial charge in [-0.05, 0) is 6.07 Å². The van der Waals surface area contributed by atoms with E-state index in [2.05, 4.69) is 4.74 Å². The zero-order valence-corrected chi connectivity index (χ0v) is 7.50. The Morgan fingerprint density at radius 2 is 2.25 bits per heavy atom. The van der Waals surface area contributed by atoms with Crippen molar-refractivity contribution in [3.05, 3.63) is 29.6 Å². The molecule has 0 saturated carbocycles. The molecule has 0 N–H and O–H groups in total. The lowest BCUT2D eigenvalue weighted by molar-refractivity contribution is -0.677. The van der Waals surface area contributed by atoms with Crippen molar-refractivity contribution in [2.45, 2.75) is 6.92 Å². The van der Waals surface area contributed by atoms with Gasteiger partial charge in [0.25, 0.3) is 0 Å². The molecular formula is C9H12NO2+. The van der Waals surface area contributed by atoms with Gasteiger partial charge in [0.15, 0.2) is 11.9 Å². The number of carbonyl (C=O) groups is 1. The summed E-state index contributed by atoms with van der Waals surface area (Å²) in [6.45, 7) is 1.88. The van der Waals surface area contributed by atoms with Crippen molar-refractivity contribution in [3.63, 3.8) is 0 Å². The Hall–Kier alpha value is -1.38. The van der Waals surface area contributed by atoms with E-state index in [4.69, 9.17) is 0 Å². The molecular weight excluding hydrogens is 154 g/mol. The highest BCUT2D eigenvalue weighted by molar-refractivity contribution is 5.89. The molecule has 0 bridgehead atoms. The maximum atomic E-state index is 11.2. The summed E-state index contributed by atoms with van der Waals surface area (Å²) in [5.74, 6) is -0.288. The first-order chi connectivity index (χ1) is 5.66. The Labute approximate surface area is 71.6 Å². The number of carbonyl (C=O) groups excluding carboxylic acids is 1. The van der Waals surface area contributed by atoms with Gasteiger partial charge >= 0.3 is 5.97 Å². The van der Waals surface area contributed by atoms with Gasteiger partial charge in [0.05, 0.1) is 7.11 Å². The van der Waals surface area contributed by atoms with Crippen LogP contribution in [0.2, 0.25) is 0 Å². The van der Waals surface area contributed by atoms with Crippen molar-refractivity contribution < 1.29 is 14.1 Å². The molecule has 1 aromatic heterocycles. The normalized spacial score (nSPS) is 9.58. The average Bonchev–Trinajstić information content (AvgIpc) is 2.08. The van der Waals surface area contributed by atoms with Gasteiger partial charge in [0.1, 0.15) is 12.6 Å². The molecule has 0 radical (unpaired) electrons. The van der Waals surface area contributed by atoms with Crippen molar-refractivity contribution in [1.82, 2.24) is 0 Å². The van der Waals surface area contributed by atoms with Crippen LogP contribution in [0, 0.1) is 6.92 Å². The Bertz CT molecular complexity index is 307. The van der Waals surface area contributed by atoms with Crippen molar-refractivity contribution in [2.24, 2.45) is 7.05 Å². The zero-order chi connectivity index (χ0) is 9.14. The topological polar surface area (TPSA) is 30.2 Å². The monoisotopic (exact) mass is 166 g/mol. The summed E-state index contributed by atoms with van der Waals surface area (Å²) in [6, 6.07) is 3.57. The van der Waals surface area contributed by atoms with E-state index in [0.29, 0.717) is 5.56 Å². The zero-order valence-electron chi connectivity index (χ0n) is 7.50. The van der Waals surface area contributed by atoms with E-state index in [1.165, 1.54) is 7.11 Å². The third-order valence-electron chi connectivity index (χ3n) is 1.90. The van der Waals surface area contributed by atoms with Gasteiger partial charge < -0.3 is 4.74 Å². The summed E-state index contributed by atoms with van der Waals surface area (Å²) in [4.78, 5) is 11.2. The fourth-order valence-electron chi connectivity index (χ4n) is 1.02. The molecule has 0 aliphatic carbocycles. The van der Waals surface area contributed by atoms with E-state index in [0.717, 1.165) is 5.69 Å². The van der Waals surface area contributed by atoms with Gasteiger partial charge in [0, 0.05) is 13.0 Å². The fraction of sp³-hybridized carbons (Fsp3) is 0.333. The van der Waals surface area contributed by atoms with E-state index in [1.807, 2.05) is 30.8 Å². The van der Waals surface area contributed by atoms with E-state index < -0.39 is 0 Å². The molecule has 0 spiro atoms. The van der Waals surface area contributed by atoms with Crippen LogP contribution in [0.25, 0.3) is 0 Å². The molecule has 0 aliphatic heterocycles. The lowest BCUT2D eigenvalue weighted by Gasteiger charge is -2.00. The van der Waals surface area contributed by atoms with Gasteiger partial charge in [-0.3, -0.25) is 0 Å². The molecule has 0 unspecified atom stereocenters. The van der Waals surface area contributed by atoms with Gasteiger partial charge in [0.2, 0.25) is 0 Å². The molecule has 0 aliphatic rings. The minimum atomic E-state index is -0.288. The van der Waals surface area contributed by atoms with Crippen LogP contribution >= 0.6 is 0 Å². The number of esters is 1. The van der Waals surface area contributed by atoms with E-state index in [1.54, 1.807) is 6.07 Å². The SMILES string of the molecule is COC(=O)c1ccc[n+](C)c1C. The lowest BCUT2D eigenvalue weighted by atomic mass is 10.2. The standard InChI is InChI=1S/C9H12NO2/c1-7-8(9(11)12-3)5-4-6-10(7)2/h4-6H,1-3H3/q+1. The van der Waals surface area contributed by atoms with Crippen molar-refractivity contribution in [2.75, 3.05) is 7.11 Å². The third-order valence-corrected chi connectivity index (χ3v) is 1.90. The molecule has 0 atom stereocenters. The van der Waals surface area contributed by atoms with Crippen LogP contribution in [0.3, 0.4) is 0 Å². The second kappa shape index (κ2) is 3.34. The molecule has 0 saturated heterocycles. The first-order valence-electron chi connectivity index (χ1n) is 3.70. The van der Waals surface area contributed by atoms with Gasteiger partial charge in [-0.1, -0.05) is 0 Å². The Kier molecular flexibility index (Phi) is 2.43. The van der Waals surface area contributed by atoms with Crippen LogP contribution in [-0.4, -0.2) is 13.1 Å². The molecule has 64 valence electrons. The summed E-state index contributed by atoms with van der Waals surface area (Å²) in [5, 5.41) is 0. The van der Waals surface area contributed by atoms with Crippen molar-refractivity contribution in [3.8, 4) is 0 Å². The van der Waals surface area contributed by atoms with Crippen LogP contribution < -0.4 is 4.57 Å². The molecule has 3 heteroatoms. The Balaban J connectivity index is 3.16. The van der Waals surface area contributed by atoms with Gasteiger partial charge in [-0.25, -0.2) is 9.36 Å². The molecule has 1 heterocycles. The molecule has 0 amide bonds. The summed E-state index contributed by atoms with van der Waals surface area (Å²) >= 11 is 0. The van der Waals surface area contributed by atoms with E-state index >= 15 is 0 Å². The third kappa shape index (κ3) is 1.44. The number of aryl methyl sites for hydroxylation is 1. The highest BCUT2D eigenvalue weighted by Crippen LogP contribution is 2.02. The van der Waals surface area contributed by atoms with Crippen molar-refractivity contribution >= 4 is 5.97 Å². The van der Waals surface area contributed by atoms with Crippen LogP contribution in [0.15, 0.2) is 18.3 Å². The van der Waals surface area contributed by atoms with Gasteiger partial charge in [-0.15, -0.1) is 0 Å². The first-order valence-corrected chi connectivity index (χ1v) is 3.70. The second-order valence-electron chi connectivity index (χ2n) is 2.61. The van der Waals surface area contributed by atoms with E-state index in [-0.39, 0.29) is 5.97 Å². The molecule has 0 aromatic carbocycles. The highest BCUT2D eigenvalue weighted by atomic mass is 16.5. The second-order valence-corrected chi connectivity index (χ2v) is 2.61. The Morgan fingerprint density at radius 1 is 1.58 bits per heavy atom. The first kappa shape index (κ1) is 8.71. The smallest absolute Gasteiger partial charge is 0.344 e. The number of aromatic nitrogens is 1. The number of methoxy groups -OCH3 is 1. The average molecular weight is 166 g/mol. The maximum absolute atomic E-state index is 11.2. The van der Waals surface area contributed by atoms with Crippen LogP contribution in [0.4, 0.5) is 0 Å². The molecule has 1 aromatic rings. The predicted molar refractivity (Wildman–Crippen MR) is 43.7 cm³/mol. The lowest BCUT2D eigenvalue weighted by Crippen LogP contribution is -2.33. The molecule has 12 heavy (non-hydrogen) atoms. The number of hydrogen-bond donors (Lipinski definition) is 0. The predicted octanol–water partition coefficient (Wildman–Crippen LogP) is 0.606. The minimum absolute atomic E-state index is 0.288. The summed E-state index contributed by atoms with van der Waals surface area (Å²) < 4.78 is 6.50. The number of pyridine rings is 1. The molecule has 3 nitrogen and oxygen atoms in total. The fourth-order valence-corrected chi connectivity index (χ4v) is 1.02. The largest absolute Gasteiger partial charge is 0.465 e. The molecule has 0 fully saturated rings. The van der Waals surface area contributed by atoms with Crippen molar-refractivity contribution in [1.29, 1.82) is 0 Å². The highest BCUT2D eigenvalue weighted by Gasteiger charge is 2.14. The molecule has 1 rings (SSSR count). The number of hydrogen-bond acceptors (Lipinski definition) is 2. The number of nitrogens with zero attached hydrogens (tertiary/aromatic N) is 1. The number of rotatable bonds is 1. The quantitative estimate of drug-likeness (QED) is 0.452. The summed E-state index contributed by atoms with van der Waals surface area (Å²) in [5.41, 5.74) is 1.52. The summed E-state index contributed by atoms with van der Waals surface area (Å²) in [6.07, 6.45) is 1.89. The van der Waals surface area contributed by atoms with Crippen LogP contribution in [0.1, 0.15) is 16.1 Å².